The molecule has 0 saturated carbocycles. The fourth-order valence-electron chi connectivity index (χ4n) is 1.62. The summed E-state index contributed by atoms with van der Waals surface area (Å²) in [7, 11) is 0. The number of aromatic nitrogens is 3. The molecule has 0 amide bonds. The first-order valence-corrected chi connectivity index (χ1v) is 6.13. The Morgan fingerprint density at radius 3 is 2.53 bits per heavy atom. The Morgan fingerprint density at radius 1 is 1.29 bits per heavy atom. The molecule has 90 valence electrons. The molecule has 0 fully saturated rings. The number of rotatable bonds is 3. The van der Waals surface area contributed by atoms with Crippen LogP contribution in [0.4, 0.5) is 0 Å². The molecule has 1 N–H and O–H groups in total. The molecule has 2 rings (SSSR count). The van der Waals surface area contributed by atoms with E-state index in [1.165, 1.54) is 0 Å². The van der Waals surface area contributed by atoms with Gasteiger partial charge in [-0.25, -0.2) is 4.68 Å². The molecule has 17 heavy (non-hydrogen) atoms. The number of benzene rings is 1. The molecule has 0 spiro atoms. The van der Waals surface area contributed by atoms with Crippen molar-refractivity contribution in [3.05, 3.63) is 40.6 Å². The molecule has 4 nitrogen and oxygen atoms in total. The molecule has 0 saturated heterocycles. The maximum atomic E-state index is 9.83. The van der Waals surface area contributed by atoms with Crippen molar-refractivity contribution in [3.8, 4) is 5.69 Å². The smallest absolute Gasteiger partial charge is 0.0730 e. The van der Waals surface area contributed by atoms with Crippen molar-refractivity contribution in [2.24, 2.45) is 0 Å². The molecule has 2 aromatic rings. The summed E-state index contributed by atoms with van der Waals surface area (Å²) in [6.45, 7) is 3.54. The summed E-state index contributed by atoms with van der Waals surface area (Å²) < 4.78 is 2.76. The summed E-state index contributed by atoms with van der Waals surface area (Å²) in [5, 5.41) is 17.8. The van der Waals surface area contributed by atoms with E-state index in [4.69, 9.17) is 0 Å². The first-order valence-electron chi connectivity index (χ1n) is 5.34. The molecular weight excluding hydrogens is 282 g/mol. The Bertz CT molecular complexity index is 499. The van der Waals surface area contributed by atoms with Gasteiger partial charge in [-0.2, -0.15) is 0 Å². The lowest BCUT2D eigenvalue weighted by atomic mass is 10.0. The van der Waals surface area contributed by atoms with Crippen LogP contribution in [-0.2, 0) is 6.42 Å². The van der Waals surface area contributed by atoms with E-state index in [2.05, 4.69) is 26.2 Å². The number of hydrogen-bond donors (Lipinski definition) is 1. The van der Waals surface area contributed by atoms with Crippen LogP contribution in [0, 0.1) is 0 Å². The Morgan fingerprint density at radius 2 is 1.94 bits per heavy atom. The third-order valence-electron chi connectivity index (χ3n) is 2.30. The van der Waals surface area contributed by atoms with Gasteiger partial charge in [0, 0.05) is 10.9 Å². The van der Waals surface area contributed by atoms with E-state index in [-0.39, 0.29) is 0 Å². The molecule has 5 heteroatoms. The predicted molar refractivity (Wildman–Crippen MR) is 69.1 cm³/mol. The van der Waals surface area contributed by atoms with Crippen LogP contribution < -0.4 is 0 Å². The first kappa shape index (κ1) is 12.3. The van der Waals surface area contributed by atoms with Crippen molar-refractivity contribution >= 4 is 15.9 Å². The van der Waals surface area contributed by atoms with Crippen LogP contribution in [0.1, 0.15) is 19.5 Å². The van der Waals surface area contributed by atoms with Gasteiger partial charge in [0.1, 0.15) is 0 Å². The minimum atomic E-state index is -0.769. The molecule has 0 bridgehead atoms. The fourth-order valence-corrected chi connectivity index (χ4v) is 1.88. The van der Waals surface area contributed by atoms with Gasteiger partial charge in [0.25, 0.3) is 0 Å². The largest absolute Gasteiger partial charge is 0.390 e. The van der Waals surface area contributed by atoms with Crippen LogP contribution in [0.5, 0.6) is 0 Å². The zero-order valence-corrected chi connectivity index (χ0v) is 11.3. The van der Waals surface area contributed by atoms with Gasteiger partial charge >= 0.3 is 0 Å². The third-order valence-corrected chi connectivity index (χ3v) is 2.83. The molecule has 0 radical (unpaired) electrons. The topological polar surface area (TPSA) is 50.9 Å². The average molecular weight is 296 g/mol. The molecule has 1 heterocycles. The highest BCUT2D eigenvalue weighted by atomic mass is 79.9. The Kier molecular flexibility index (Phi) is 3.31. The minimum Gasteiger partial charge on any atom is -0.390 e. The maximum Gasteiger partial charge on any atom is 0.0730 e. The standard InChI is InChI=1S/C12H14BrN3O/c1-12(2,17)7-11-8-14-15-16(11)10-5-3-9(13)4-6-10/h3-6,8,17H,7H2,1-2H3. The van der Waals surface area contributed by atoms with Crippen LogP contribution >= 0.6 is 15.9 Å². The van der Waals surface area contributed by atoms with Gasteiger partial charge < -0.3 is 5.11 Å². The Labute approximate surface area is 108 Å². The highest BCUT2D eigenvalue weighted by Gasteiger charge is 2.17. The first-order chi connectivity index (χ1) is 7.96. The van der Waals surface area contributed by atoms with E-state index in [0.29, 0.717) is 6.42 Å². The molecule has 0 atom stereocenters. The van der Waals surface area contributed by atoms with Gasteiger partial charge in [-0.3, -0.25) is 0 Å². The van der Waals surface area contributed by atoms with Crippen LogP contribution in [0.25, 0.3) is 5.69 Å². The van der Waals surface area contributed by atoms with Crippen LogP contribution in [0.15, 0.2) is 34.9 Å². The van der Waals surface area contributed by atoms with Crippen molar-refractivity contribution < 1.29 is 5.11 Å². The predicted octanol–water partition coefficient (Wildman–Crippen LogP) is 2.34. The van der Waals surface area contributed by atoms with Crippen molar-refractivity contribution in [1.82, 2.24) is 15.0 Å². The highest BCUT2D eigenvalue weighted by molar-refractivity contribution is 9.10. The monoisotopic (exact) mass is 295 g/mol. The lowest BCUT2D eigenvalue weighted by Crippen LogP contribution is -2.23. The molecule has 0 aliphatic carbocycles. The summed E-state index contributed by atoms with van der Waals surface area (Å²) in [6.07, 6.45) is 2.19. The van der Waals surface area contributed by atoms with Crippen molar-refractivity contribution in [2.75, 3.05) is 0 Å². The summed E-state index contributed by atoms with van der Waals surface area (Å²) in [5.74, 6) is 0. The normalized spacial score (nSPS) is 11.8. The summed E-state index contributed by atoms with van der Waals surface area (Å²) >= 11 is 3.39. The van der Waals surface area contributed by atoms with Gasteiger partial charge in [-0.1, -0.05) is 21.1 Å². The zero-order valence-electron chi connectivity index (χ0n) is 9.76. The minimum absolute atomic E-state index is 0.510. The summed E-state index contributed by atoms with van der Waals surface area (Å²) in [4.78, 5) is 0. The maximum absolute atomic E-state index is 9.83. The average Bonchev–Trinajstić information content (AvgIpc) is 2.64. The van der Waals surface area contributed by atoms with Crippen molar-refractivity contribution in [3.63, 3.8) is 0 Å². The van der Waals surface area contributed by atoms with Gasteiger partial charge in [-0.05, 0) is 38.1 Å². The molecular formula is C12H14BrN3O. The number of nitrogens with zero attached hydrogens (tertiary/aromatic N) is 3. The van der Waals surface area contributed by atoms with Crippen LogP contribution in [0.3, 0.4) is 0 Å². The zero-order chi connectivity index (χ0) is 12.5. The van der Waals surface area contributed by atoms with Crippen molar-refractivity contribution in [2.45, 2.75) is 25.9 Å². The lowest BCUT2D eigenvalue weighted by molar-refractivity contribution is 0.0793. The van der Waals surface area contributed by atoms with Crippen molar-refractivity contribution in [1.29, 1.82) is 0 Å². The van der Waals surface area contributed by atoms with Crippen LogP contribution in [-0.4, -0.2) is 25.7 Å². The Balaban J connectivity index is 2.33. The van der Waals surface area contributed by atoms with E-state index in [1.54, 1.807) is 24.7 Å². The molecule has 1 aromatic heterocycles. The van der Waals surface area contributed by atoms with E-state index in [0.717, 1.165) is 15.9 Å². The van der Waals surface area contributed by atoms with E-state index in [1.807, 2.05) is 24.3 Å². The van der Waals surface area contributed by atoms with E-state index in [9.17, 15) is 5.11 Å². The van der Waals surface area contributed by atoms with Gasteiger partial charge in [-0.15, -0.1) is 5.10 Å². The second-order valence-corrected chi connectivity index (χ2v) is 5.52. The second kappa shape index (κ2) is 4.58. The van der Waals surface area contributed by atoms with E-state index < -0.39 is 5.60 Å². The second-order valence-electron chi connectivity index (χ2n) is 4.60. The lowest BCUT2D eigenvalue weighted by Gasteiger charge is -2.17. The summed E-state index contributed by atoms with van der Waals surface area (Å²) in [5.41, 5.74) is 1.05. The highest BCUT2D eigenvalue weighted by Crippen LogP contribution is 2.17. The van der Waals surface area contributed by atoms with Gasteiger partial charge in [0.2, 0.25) is 0 Å². The quantitative estimate of drug-likeness (QED) is 0.946. The summed E-state index contributed by atoms with van der Waals surface area (Å²) in [6, 6.07) is 7.80. The van der Waals surface area contributed by atoms with Gasteiger partial charge in [0.15, 0.2) is 0 Å². The number of halogens is 1. The Hall–Kier alpha value is -1.20. The fraction of sp³-hybridized carbons (Fsp3) is 0.333. The van der Waals surface area contributed by atoms with E-state index >= 15 is 0 Å². The third kappa shape index (κ3) is 3.14. The number of aliphatic hydroxyl groups is 1. The van der Waals surface area contributed by atoms with Crippen LogP contribution in [0.2, 0.25) is 0 Å². The molecule has 0 aliphatic heterocycles. The molecule has 0 aliphatic rings. The van der Waals surface area contributed by atoms with Gasteiger partial charge in [0.05, 0.1) is 23.2 Å². The SMILES string of the molecule is CC(C)(O)Cc1cnnn1-c1ccc(Br)cc1. The molecule has 1 aromatic carbocycles. The number of hydrogen-bond acceptors (Lipinski definition) is 3. The molecule has 0 unspecified atom stereocenters.